The second-order valence-electron chi connectivity index (χ2n) is 4.85. The minimum atomic E-state index is -4.11. The third-order valence-electron chi connectivity index (χ3n) is 3.45. The minimum Gasteiger partial charge on any atom is -0.381 e. The summed E-state index contributed by atoms with van der Waals surface area (Å²) >= 11 is 11.9. The van der Waals surface area contributed by atoms with Crippen LogP contribution in [0.2, 0.25) is 10.0 Å². The average molecular weight is 312 g/mol. The van der Waals surface area contributed by atoms with Crippen LogP contribution in [0, 0.1) is 5.92 Å². The zero-order valence-corrected chi connectivity index (χ0v) is 11.6. The Morgan fingerprint density at radius 3 is 2.58 bits per heavy atom. The number of anilines is 1. The highest BCUT2D eigenvalue weighted by molar-refractivity contribution is 6.43. The van der Waals surface area contributed by atoms with Crippen molar-refractivity contribution >= 4 is 28.9 Å². The first kappa shape index (κ1) is 14.8. The molecule has 0 bridgehead atoms. The summed E-state index contributed by atoms with van der Waals surface area (Å²) in [6.07, 6.45) is -2.52. The average Bonchev–Trinajstić information content (AvgIpc) is 2.34. The topological polar surface area (TPSA) is 12.0 Å². The molecule has 19 heavy (non-hydrogen) atoms. The summed E-state index contributed by atoms with van der Waals surface area (Å²) in [6, 6.07) is 4.89. The van der Waals surface area contributed by atoms with E-state index in [0.29, 0.717) is 22.2 Å². The summed E-state index contributed by atoms with van der Waals surface area (Å²) in [7, 11) is 0. The highest BCUT2D eigenvalue weighted by atomic mass is 35.5. The van der Waals surface area contributed by atoms with Gasteiger partial charge in [0, 0.05) is 6.04 Å². The highest BCUT2D eigenvalue weighted by Gasteiger charge is 2.42. The van der Waals surface area contributed by atoms with Crippen LogP contribution in [0.3, 0.4) is 0 Å². The van der Waals surface area contributed by atoms with Crippen molar-refractivity contribution in [2.75, 3.05) is 5.32 Å². The zero-order valence-electron chi connectivity index (χ0n) is 10.1. The van der Waals surface area contributed by atoms with Crippen molar-refractivity contribution in [3.8, 4) is 0 Å². The molecule has 1 N–H and O–H groups in total. The van der Waals surface area contributed by atoms with Gasteiger partial charge in [-0.05, 0) is 31.4 Å². The van der Waals surface area contributed by atoms with E-state index in [1.54, 1.807) is 18.2 Å². The summed E-state index contributed by atoms with van der Waals surface area (Å²) in [4.78, 5) is 0. The summed E-state index contributed by atoms with van der Waals surface area (Å²) < 4.78 is 38.2. The van der Waals surface area contributed by atoms with Crippen LogP contribution in [0.25, 0.3) is 0 Å². The molecule has 1 saturated carbocycles. The molecule has 0 heterocycles. The van der Waals surface area contributed by atoms with Crippen molar-refractivity contribution in [3.05, 3.63) is 28.2 Å². The van der Waals surface area contributed by atoms with Gasteiger partial charge in [0.25, 0.3) is 0 Å². The van der Waals surface area contributed by atoms with Crippen LogP contribution in [0.1, 0.15) is 25.7 Å². The van der Waals surface area contributed by atoms with Crippen LogP contribution in [0.5, 0.6) is 0 Å². The molecule has 0 saturated heterocycles. The van der Waals surface area contributed by atoms with Gasteiger partial charge in [0.05, 0.1) is 21.7 Å². The summed E-state index contributed by atoms with van der Waals surface area (Å²) in [6.45, 7) is 0. The molecule has 1 aliphatic carbocycles. The number of nitrogens with one attached hydrogen (secondary N) is 1. The van der Waals surface area contributed by atoms with Gasteiger partial charge < -0.3 is 5.32 Å². The number of hydrogen-bond donors (Lipinski definition) is 1. The quantitative estimate of drug-likeness (QED) is 0.757. The number of rotatable bonds is 2. The van der Waals surface area contributed by atoms with Crippen molar-refractivity contribution in [3.63, 3.8) is 0 Å². The summed E-state index contributed by atoms with van der Waals surface area (Å²) in [5.41, 5.74) is 0.599. The highest BCUT2D eigenvalue weighted by Crippen LogP contribution is 2.39. The lowest BCUT2D eigenvalue weighted by atomic mass is 9.85. The van der Waals surface area contributed by atoms with E-state index in [-0.39, 0.29) is 18.9 Å². The lowest BCUT2D eigenvalue weighted by Gasteiger charge is -2.31. The summed E-state index contributed by atoms with van der Waals surface area (Å²) in [5.74, 6) is -1.23. The third kappa shape index (κ3) is 3.69. The fourth-order valence-electron chi connectivity index (χ4n) is 2.45. The van der Waals surface area contributed by atoms with Gasteiger partial charge in [-0.2, -0.15) is 13.2 Å². The van der Waals surface area contributed by atoms with E-state index in [4.69, 9.17) is 23.2 Å². The van der Waals surface area contributed by atoms with Gasteiger partial charge in [0.2, 0.25) is 0 Å². The third-order valence-corrected chi connectivity index (χ3v) is 4.27. The Morgan fingerprint density at radius 1 is 1.16 bits per heavy atom. The molecule has 6 heteroatoms. The first-order chi connectivity index (χ1) is 8.88. The zero-order chi connectivity index (χ0) is 14.0. The van der Waals surface area contributed by atoms with E-state index in [0.717, 1.165) is 6.42 Å². The van der Waals surface area contributed by atoms with Gasteiger partial charge in [-0.1, -0.05) is 35.7 Å². The van der Waals surface area contributed by atoms with Crippen LogP contribution in [0.4, 0.5) is 18.9 Å². The van der Waals surface area contributed by atoms with Gasteiger partial charge in [0.15, 0.2) is 0 Å². The van der Waals surface area contributed by atoms with Crippen LogP contribution >= 0.6 is 23.2 Å². The van der Waals surface area contributed by atoms with E-state index in [9.17, 15) is 13.2 Å². The molecule has 0 aromatic heterocycles. The minimum absolute atomic E-state index is 0.0896. The molecule has 0 aliphatic heterocycles. The molecule has 0 amide bonds. The predicted molar refractivity (Wildman–Crippen MR) is 71.9 cm³/mol. The molecule has 106 valence electrons. The lowest BCUT2D eigenvalue weighted by molar-refractivity contribution is -0.182. The normalized spacial score (nSPS) is 24.3. The van der Waals surface area contributed by atoms with Crippen LogP contribution in [-0.4, -0.2) is 12.2 Å². The van der Waals surface area contributed by atoms with E-state index in [1.807, 2.05) is 0 Å². The van der Waals surface area contributed by atoms with Crippen molar-refractivity contribution in [1.82, 2.24) is 0 Å². The van der Waals surface area contributed by atoms with Gasteiger partial charge in [-0.3, -0.25) is 0 Å². The first-order valence-corrected chi connectivity index (χ1v) is 6.91. The van der Waals surface area contributed by atoms with E-state index in [2.05, 4.69) is 5.32 Å². The SMILES string of the molecule is FC(F)(F)C1CCCC(Nc2cccc(Cl)c2Cl)C1. The number of benzene rings is 1. The second-order valence-corrected chi connectivity index (χ2v) is 5.63. The molecular weight excluding hydrogens is 298 g/mol. The Labute approximate surface area is 120 Å². The molecule has 2 rings (SSSR count). The van der Waals surface area contributed by atoms with Crippen LogP contribution in [-0.2, 0) is 0 Å². The molecule has 1 aliphatic rings. The van der Waals surface area contributed by atoms with Crippen LogP contribution < -0.4 is 5.32 Å². The van der Waals surface area contributed by atoms with Crippen molar-refractivity contribution < 1.29 is 13.2 Å². The molecule has 2 unspecified atom stereocenters. The van der Waals surface area contributed by atoms with E-state index < -0.39 is 12.1 Å². The fourth-order valence-corrected chi connectivity index (χ4v) is 2.81. The second kappa shape index (κ2) is 5.80. The largest absolute Gasteiger partial charge is 0.391 e. The molecule has 1 aromatic rings. The lowest BCUT2D eigenvalue weighted by Crippen LogP contribution is -2.34. The Hall–Kier alpha value is -0.610. The molecular formula is C13H14Cl2F3N. The molecule has 0 spiro atoms. The van der Waals surface area contributed by atoms with E-state index >= 15 is 0 Å². The van der Waals surface area contributed by atoms with Gasteiger partial charge in [0.1, 0.15) is 0 Å². The standard InChI is InChI=1S/C13H14Cl2F3N/c14-10-5-2-6-11(12(10)15)19-9-4-1-3-8(7-9)13(16,17)18/h2,5-6,8-9,19H,1,3-4,7H2. The Morgan fingerprint density at radius 2 is 1.89 bits per heavy atom. The maximum Gasteiger partial charge on any atom is 0.391 e. The number of alkyl halides is 3. The molecule has 0 radical (unpaired) electrons. The van der Waals surface area contributed by atoms with Crippen molar-refractivity contribution in [1.29, 1.82) is 0 Å². The van der Waals surface area contributed by atoms with E-state index in [1.165, 1.54) is 0 Å². The Balaban J connectivity index is 2.05. The monoisotopic (exact) mass is 311 g/mol. The smallest absolute Gasteiger partial charge is 0.381 e. The predicted octanol–water partition coefficient (Wildman–Crippen LogP) is 5.53. The Bertz CT molecular complexity index is 448. The number of hydrogen-bond acceptors (Lipinski definition) is 1. The van der Waals surface area contributed by atoms with Gasteiger partial charge in [-0.15, -0.1) is 0 Å². The maximum absolute atomic E-state index is 12.7. The molecule has 1 nitrogen and oxygen atoms in total. The van der Waals surface area contributed by atoms with Crippen molar-refractivity contribution in [2.24, 2.45) is 5.92 Å². The molecule has 1 aromatic carbocycles. The number of halogens is 5. The van der Waals surface area contributed by atoms with Crippen molar-refractivity contribution in [2.45, 2.75) is 37.9 Å². The fraction of sp³-hybridized carbons (Fsp3) is 0.538. The molecule has 1 fully saturated rings. The van der Waals surface area contributed by atoms with Gasteiger partial charge >= 0.3 is 6.18 Å². The Kier molecular flexibility index (Phi) is 4.51. The van der Waals surface area contributed by atoms with Crippen LogP contribution in [0.15, 0.2) is 18.2 Å². The first-order valence-electron chi connectivity index (χ1n) is 6.15. The molecule has 2 atom stereocenters. The maximum atomic E-state index is 12.7. The van der Waals surface area contributed by atoms with Gasteiger partial charge in [-0.25, -0.2) is 0 Å². The summed E-state index contributed by atoms with van der Waals surface area (Å²) in [5, 5.41) is 3.83.